The molecule has 1 aromatic heterocycles. The van der Waals surface area contributed by atoms with Crippen LogP contribution in [0.1, 0.15) is 41.2 Å². The van der Waals surface area contributed by atoms with Crippen LogP contribution in [0.25, 0.3) is 10.9 Å². The molecule has 4 N–H and O–H groups in total. The third-order valence-electron chi connectivity index (χ3n) is 10.1. The van der Waals surface area contributed by atoms with Gasteiger partial charge >= 0.3 is 0 Å². The number of nitrogens with one attached hydrogen (secondary N) is 2. The summed E-state index contributed by atoms with van der Waals surface area (Å²) >= 11 is 3.50. The van der Waals surface area contributed by atoms with E-state index in [4.69, 9.17) is 0 Å². The van der Waals surface area contributed by atoms with Gasteiger partial charge in [-0.15, -0.1) is 0 Å². The lowest BCUT2D eigenvalue weighted by Crippen LogP contribution is -2.46. The Kier molecular flexibility index (Phi) is 9.65. The Labute approximate surface area is 304 Å². The number of carbonyl (C=O) groups is 3. The summed E-state index contributed by atoms with van der Waals surface area (Å²) in [5.74, 6) is -1.37. The third-order valence-corrected chi connectivity index (χ3v) is 10.6. The maximum atomic E-state index is 14.1. The van der Waals surface area contributed by atoms with Crippen LogP contribution in [0.5, 0.6) is 0 Å². The molecule has 51 heavy (non-hydrogen) atoms. The number of benzene rings is 4. The summed E-state index contributed by atoms with van der Waals surface area (Å²) in [7, 11) is 0. The van der Waals surface area contributed by atoms with Gasteiger partial charge < -0.3 is 30.3 Å². The number of carbonyl (C=O) groups excluding carboxylic acids is 3. The zero-order valence-electron chi connectivity index (χ0n) is 28.2. The molecule has 3 atom stereocenters. The lowest BCUT2D eigenvalue weighted by atomic mass is 9.83. The maximum absolute atomic E-state index is 14.1. The predicted octanol–water partition coefficient (Wildman–Crippen LogP) is 6.37. The Bertz CT molecular complexity index is 2140. The number of amides is 3. The summed E-state index contributed by atoms with van der Waals surface area (Å²) < 4.78 is 0.730. The number of nitrogens with zero attached hydrogens (tertiary/aromatic N) is 2. The normalized spacial score (nSPS) is 19.0. The first-order valence-electron chi connectivity index (χ1n) is 17.1. The molecule has 0 saturated heterocycles. The summed E-state index contributed by atoms with van der Waals surface area (Å²) in [6.45, 7) is 2.29. The number of rotatable bonds is 10. The van der Waals surface area contributed by atoms with Gasteiger partial charge in [0.2, 0.25) is 11.8 Å². The Hall–Kier alpha value is -5.03. The molecule has 3 amide bonds. The van der Waals surface area contributed by atoms with Crippen LogP contribution in [0.2, 0.25) is 0 Å². The number of fused-ring (bicyclic) bond motifs is 3. The minimum Gasteiger partial charge on any atom is -0.394 e. The molecule has 260 valence electrons. The van der Waals surface area contributed by atoms with Gasteiger partial charge in [-0.3, -0.25) is 14.4 Å². The van der Waals surface area contributed by atoms with Crippen molar-refractivity contribution in [2.24, 2.45) is 5.92 Å². The molecular weight excluding hydrogens is 708 g/mol. The van der Waals surface area contributed by atoms with Gasteiger partial charge in [-0.2, -0.15) is 0 Å². The van der Waals surface area contributed by atoms with Crippen molar-refractivity contribution in [1.29, 1.82) is 0 Å². The second kappa shape index (κ2) is 14.3. The van der Waals surface area contributed by atoms with Crippen LogP contribution < -0.4 is 10.2 Å². The molecule has 0 spiro atoms. The van der Waals surface area contributed by atoms with E-state index in [1.807, 2.05) is 91.1 Å². The number of H-pyrrole nitrogens is 1. The second-order valence-corrected chi connectivity index (χ2v) is 14.3. The monoisotopic (exact) mass is 746 g/mol. The Morgan fingerprint density at radius 1 is 1.04 bits per heavy atom. The van der Waals surface area contributed by atoms with E-state index in [-0.39, 0.29) is 43.8 Å². The molecule has 0 aliphatic carbocycles. The van der Waals surface area contributed by atoms with Gasteiger partial charge in [0.25, 0.3) is 5.91 Å². The van der Waals surface area contributed by atoms with Gasteiger partial charge in [0.05, 0.1) is 31.3 Å². The molecule has 0 saturated carbocycles. The first-order chi connectivity index (χ1) is 24.6. The van der Waals surface area contributed by atoms with Gasteiger partial charge in [-0.05, 0) is 65.1 Å². The third kappa shape index (κ3) is 6.74. The number of para-hydroxylation sites is 1. The fourth-order valence-electron chi connectivity index (χ4n) is 7.28. The molecule has 0 fully saturated rings. The van der Waals surface area contributed by atoms with E-state index in [9.17, 15) is 24.6 Å². The van der Waals surface area contributed by atoms with Crippen LogP contribution >= 0.6 is 15.9 Å². The van der Waals surface area contributed by atoms with Crippen LogP contribution in [0.15, 0.2) is 114 Å². The number of hydrogen-bond acceptors (Lipinski definition) is 5. The summed E-state index contributed by atoms with van der Waals surface area (Å²) in [4.78, 5) is 46.8. The van der Waals surface area contributed by atoms with Crippen molar-refractivity contribution in [3.63, 3.8) is 0 Å². The molecule has 4 aromatic carbocycles. The fraction of sp³-hybridized carbons (Fsp3) is 0.244. The number of halogens is 1. The minimum atomic E-state index is -1.85. The summed E-state index contributed by atoms with van der Waals surface area (Å²) in [6.07, 6.45) is 6.19. The van der Waals surface area contributed by atoms with Crippen molar-refractivity contribution in [2.75, 3.05) is 16.8 Å². The smallest absolute Gasteiger partial charge is 0.264 e. The lowest BCUT2D eigenvalue weighted by Gasteiger charge is -2.36. The maximum Gasteiger partial charge on any atom is 0.264 e. The highest BCUT2D eigenvalue weighted by Gasteiger charge is 2.52. The first kappa shape index (κ1) is 34.4. The van der Waals surface area contributed by atoms with Crippen LogP contribution in [0.3, 0.4) is 0 Å². The number of aromatic nitrogens is 1. The van der Waals surface area contributed by atoms with E-state index in [0.717, 1.165) is 37.6 Å². The molecule has 7 rings (SSSR count). The molecule has 9 nitrogen and oxygen atoms in total. The van der Waals surface area contributed by atoms with E-state index < -0.39 is 17.4 Å². The van der Waals surface area contributed by atoms with Gasteiger partial charge in [0.15, 0.2) is 5.60 Å². The Morgan fingerprint density at radius 3 is 2.57 bits per heavy atom. The van der Waals surface area contributed by atoms with Gasteiger partial charge in [-0.25, -0.2) is 0 Å². The Balaban J connectivity index is 1.02. The van der Waals surface area contributed by atoms with E-state index in [0.29, 0.717) is 29.9 Å². The molecule has 2 aliphatic rings. The molecule has 3 heterocycles. The molecule has 2 aliphatic heterocycles. The average molecular weight is 748 g/mol. The van der Waals surface area contributed by atoms with Crippen molar-refractivity contribution in [2.45, 2.75) is 50.9 Å². The number of aliphatic hydroxyl groups excluding tert-OH is 1. The van der Waals surface area contributed by atoms with Gasteiger partial charge in [0, 0.05) is 51.7 Å². The zero-order valence-corrected chi connectivity index (χ0v) is 29.8. The highest BCUT2D eigenvalue weighted by molar-refractivity contribution is 9.10. The molecule has 0 bridgehead atoms. The summed E-state index contributed by atoms with van der Waals surface area (Å²) in [5.41, 5.74) is 4.82. The van der Waals surface area contributed by atoms with Crippen LogP contribution in [-0.2, 0) is 45.9 Å². The standard InChI is InChI=1S/C41H39BrN4O5/c1-26(7-6-12-39(49)45-24-29-9-3-2-8-28(29)19-33(45)25-47)41(51)35-21-31(42)15-18-37(35)46(40(41)50)23-27-13-16-32(17-14-27)44-38(48)20-30-22-43-36-11-5-4-10-34(30)36/h2-11,13-18,21-22,26,33,43,47,51H,12,19-20,23-25H2,1H3,(H,44,48)/b7-6+/t26-,33+,41+/m1/s1. The highest BCUT2D eigenvalue weighted by atomic mass is 79.9. The number of aliphatic hydroxyl groups is 2. The quantitative estimate of drug-likeness (QED) is 0.124. The lowest BCUT2D eigenvalue weighted by molar-refractivity contribution is -0.139. The van der Waals surface area contributed by atoms with Crippen LogP contribution in [0, 0.1) is 5.92 Å². The molecular formula is C41H39BrN4O5. The second-order valence-electron chi connectivity index (χ2n) is 13.4. The molecule has 10 heteroatoms. The topological polar surface area (TPSA) is 126 Å². The first-order valence-corrected chi connectivity index (χ1v) is 17.9. The largest absolute Gasteiger partial charge is 0.394 e. The average Bonchev–Trinajstić information content (AvgIpc) is 3.64. The van der Waals surface area contributed by atoms with E-state index in [1.165, 1.54) is 0 Å². The van der Waals surface area contributed by atoms with Crippen molar-refractivity contribution in [3.8, 4) is 0 Å². The van der Waals surface area contributed by atoms with Gasteiger partial charge in [-0.1, -0.05) is 89.6 Å². The number of anilines is 2. The summed E-state index contributed by atoms with van der Waals surface area (Å²) in [5, 5.41) is 26.1. The van der Waals surface area contributed by atoms with E-state index >= 15 is 0 Å². The van der Waals surface area contributed by atoms with Crippen LogP contribution in [0.4, 0.5) is 11.4 Å². The van der Waals surface area contributed by atoms with E-state index in [2.05, 4.69) is 26.2 Å². The molecule has 5 aromatic rings. The van der Waals surface area contributed by atoms with Crippen molar-refractivity contribution in [1.82, 2.24) is 9.88 Å². The van der Waals surface area contributed by atoms with Crippen molar-refractivity contribution in [3.05, 3.63) is 142 Å². The highest BCUT2D eigenvalue weighted by Crippen LogP contribution is 2.47. The minimum absolute atomic E-state index is 0.0764. The number of hydrogen-bond donors (Lipinski definition) is 4. The SMILES string of the molecule is C[C@H](/C=C/CC(=O)N1Cc2ccccc2C[C@H]1CO)[C@@]1(O)C(=O)N(Cc2ccc(NC(=O)Cc3c[nH]c4ccccc34)cc2)c2ccc(Br)cc21. The summed E-state index contributed by atoms with van der Waals surface area (Å²) in [6, 6.07) is 28.3. The van der Waals surface area contributed by atoms with Gasteiger partial charge in [0.1, 0.15) is 0 Å². The van der Waals surface area contributed by atoms with Crippen molar-refractivity contribution < 1.29 is 24.6 Å². The number of aromatic amines is 1. The zero-order chi connectivity index (χ0) is 35.7. The molecule has 0 unspecified atom stereocenters. The fourth-order valence-corrected chi connectivity index (χ4v) is 7.64. The predicted molar refractivity (Wildman–Crippen MR) is 201 cm³/mol. The van der Waals surface area contributed by atoms with Crippen LogP contribution in [-0.4, -0.2) is 50.5 Å². The van der Waals surface area contributed by atoms with E-state index in [1.54, 1.807) is 34.9 Å². The van der Waals surface area contributed by atoms with Crippen molar-refractivity contribution >= 4 is 55.9 Å². The Morgan fingerprint density at radius 2 is 1.78 bits per heavy atom. The molecule has 0 radical (unpaired) electrons.